The summed E-state index contributed by atoms with van der Waals surface area (Å²) in [7, 11) is 1.61. The molecular formula is C23H25FN4O3S. The number of hydrogen-bond acceptors (Lipinski definition) is 7. The summed E-state index contributed by atoms with van der Waals surface area (Å²) in [5, 5.41) is 3.61. The first-order chi connectivity index (χ1) is 15.6. The van der Waals surface area contributed by atoms with E-state index < -0.39 is 5.82 Å². The molecule has 0 amide bonds. The Morgan fingerprint density at radius 1 is 1.25 bits per heavy atom. The molecule has 0 saturated heterocycles. The fourth-order valence-electron chi connectivity index (χ4n) is 4.35. The molecule has 0 aromatic carbocycles. The van der Waals surface area contributed by atoms with Gasteiger partial charge in [-0.25, -0.2) is 4.39 Å². The lowest BCUT2D eigenvalue weighted by molar-refractivity contribution is 0.187. The number of aryl methyl sites for hydroxylation is 1. The van der Waals surface area contributed by atoms with Gasteiger partial charge in [0.1, 0.15) is 11.5 Å². The van der Waals surface area contributed by atoms with Gasteiger partial charge in [-0.05, 0) is 43.7 Å². The van der Waals surface area contributed by atoms with Crippen LogP contribution < -0.4 is 20.3 Å². The second-order valence-corrected chi connectivity index (χ2v) is 9.30. The molecule has 9 heteroatoms. The summed E-state index contributed by atoms with van der Waals surface area (Å²) < 4.78 is 27.2. The van der Waals surface area contributed by atoms with Gasteiger partial charge in [-0.3, -0.25) is 14.8 Å². The molecule has 1 saturated carbocycles. The Labute approximate surface area is 189 Å². The van der Waals surface area contributed by atoms with Crippen LogP contribution >= 0.6 is 11.8 Å². The van der Waals surface area contributed by atoms with Gasteiger partial charge >= 0.3 is 0 Å². The Bertz CT molecular complexity index is 1190. The second kappa shape index (κ2) is 9.07. The van der Waals surface area contributed by atoms with E-state index in [1.165, 1.54) is 10.6 Å². The van der Waals surface area contributed by atoms with Crippen LogP contribution in [0.15, 0.2) is 40.3 Å². The number of rotatable bonds is 6. The molecule has 0 atom stereocenters. The SMILES string of the molecule is Cn1c(=O)ccc2ncc(F)c(OCC3CCC(NCc4cc5c(cn4)OCS5)CC3)c21. The third-order valence-electron chi connectivity index (χ3n) is 6.24. The molecule has 1 aliphatic heterocycles. The molecule has 1 aliphatic carbocycles. The van der Waals surface area contributed by atoms with Crippen LogP contribution in [0.1, 0.15) is 31.4 Å². The maximum absolute atomic E-state index is 14.5. The molecule has 7 nitrogen and oxygen atoms in total. The lowest BCUT2D eigenvalue weighted by atomic mass is 9.86. The summed E-state index contributed by atoms with van der Waals surface area (Å²) in [5.41, 5.74) is 1.75. The summed E-state index contributed by atoms with van der Waals surface area (Å²) in [6, 6.07) is 5.56. The zero-order chi connectivity index (χ0) is 22.1. The molecule has 168 valence electrons. The molecule has 5 rings (SSSR count). The van der Waals surface area contributed by atoms with Crippen molar-refractivity contribution in [3.63, 3.8) is 0 Å². The first-order valence-electron chi connectivity index (χ1n) is 10.8. The molecule has 2 aliphatic rings. The highest BCUT2D eigenvalue weighted by Crippen LogP contribution is 2.35. The Morgan fingerprint density at radius 3 is 2.94 bits per heavy atom. The van der Waals surface area contributed by atoms with E-state index in [9.17, 15) is 9.18 Å². The van der Waals surface area contributed by atoms with Crippen LogP contribution in [0.5, 0.6) is 11.5 Å². The monoisotopic (exact) mass is 456 g/mol. The molecule has 3 aromatic heterocycles. The van der Waals surface area contributed by atoms with Gasteiger partial charge in [-0.2, -0.15) is 0 Å². The van der Waals surface area contributed by atoms with Crippen molar-refractivity contribution in [2.45, 2.75) is 43.2 Å². The minimum Gasteiger partial charge on any atom is -0.488 e. The van der Waals surface area contributed by atoms with Gasteiger partial charge in [0.25, 0.3) is 5.56 Å². The molecule has 1 fully saturated rings. The molecule has 0 radical (unpaired) electrons. The van der Waals surface area contributed by atoms with Crippen LogP contribution in [-0.2, 0) is 13.6 Å². The van der Waals surface area contributed by atoms with Crippen molar-refractivity contribution in [2.75, 3.05) is 12.5 Å². The number of aromatic nitrogens is 3. The molecule has 4 heterocycles. The van der Waals surface area contributed by atoms with E-state index in [1.807, 2.05) is 0 Å². The van der Waals surface area contributed by atoms with Gasteiger partial charge in [0.15, 0.2) is 17.3 Å². The topological polar surface area (TPSA) is 78.3 Å². The fraction of sp³-hybridized carbons (Fsp3) is 0.435. The van der Waals surface area contributed by atoms with Crippen molar-refractivity contribution in [3.8, 4) is 11.5 Å². The van der Waals surface area contributed by atoms with Crippen LogP contribution in [-0.4, -0.2) is 33.1 Å². The summed E-state index contributed by atoms with van der Waals surface area (Å²) in [6.07, 6.45) is 7.04. The van der Waals surface area contributed by atoms with Crippen molar-refractivity contribution in [3.05, 3.63) is 52.5 Å². The molecule has 0 unspecified atom stereocenters. The van der Waals surface area contributed by atoms with Gasteiger partial charge in [-0.1, -0.05) is 11.8 Å². The number of nitrogens with zero attached hydrogens (tertiary/aromatic N) is 3. The van der Waals surface area contributed by atoms with Gasteiger partial charge in [0.2, 0.25) is 0 Å². The van der Waals surface area contributed by atoms with Gasteiger partial charge in [0.05, 0.1) is 35.1 Å². The van der Waals surface area contributed by atoms with E-state index in [1.54, 1.807) is 31.1 Å². The second-order valence-electron chi connectivity index (χ2n) is 8.34. The largest absolute Gasteiger partial charge is 0.488 e. The van der Waals surface area contributed by atoms with Crippen molar-refractivity contribution in [1.82, 2.24) is 19.9 Å². The van der Waals surface area contributed by atoms with E-state index in [2.05, 4.69) is 21.4 Å². The van der Waals surface area contributed by atoms with E-state index in [-0.39, 0.29) is 11.3 Å². The number of ether oxygens (including phenoxy) is 2. The first-order valence-corrected chi connectivity index (χ1v) is 11.8. The van der Waals surface area contributed by atoms with Crippen molar-refractivity contribution in [2.24, 2.45) is 13.0 Å². The molecule has 0 spiro atoms. The van der Waals surface area contributed by atoms with Crippen LogP contribution in [0.25, 0.3) is 11.0 Å². The fourth-order valence-corrected chi connectivity index (χ4v) is 5.14. The highest BCUT2D eigenvalue weighted by atomic mass is 32.2. The van der Waals surface area contributed by atoms with Gasteiger partial charge in [0, 0.05) is 25.7 Å². The number of thioether (sulfide) groups is 1. The zero-order valence-electron chi connectivity index (χ0n) is 17.8. The highest BCUT2D eigenvalue weighted by Gasteiger charge is 2.23. The Kier molecular flexibility index (Phi) is 6.01. The lowest BCUT2D eigenvalue weighted by Gasteiger charge is -2.29. The van der Waals surface area contributed by atoms with E-state index in [0.29, 0.717) is 35.5 Å². The van der Waals surface area contributed by atoms with Crippen molar-refractivity contribution < 1.29 is 13.9 Å². The third kappa shape index (κ3) is 4.31. The third-order valence-corrected chi connectivity index (χ3v) is 7.11. The summed E-state index contributed by atoms with van der Waals surface area (Å²) in [4.78, 5) is 21.7. The number of nitrogens with one attached hydrogen (secondary N) is 1. The maximum Gasteiger partial charge on any atom is 0.250 e. The Hall–Kier alpha value is -2.65. The standard InChI is InChI=1S/C23H25FN4O3S/c1-28-21(29)7-6-18-22(28)23(17(24)10-27-18)30-12-14-2-4-15(5-3-14)25-9-16-8-20-19(11-26-16)31-13-32-20/h6-8,10-11,14-15,25H,2-5,9,12-13H2,1H3. The Balaban J connectivity index is 1.15. The Morgan fingerprint density at radius 2 is 2.09 bits per heavy atom. The van der Waals surface area contributed by atoms with E-state index >= 15 is 0 Å². The minimum atomic E-state index is -0.542. The molecule has 1 N–H and O–H groups in total. The average Bonchev–Trinajstić information content (AvgIpc) is 3.28. The average molecular weight is 457 g/mol. The lowest BCUT2D eigenvalue weighted by Crippen LogP contribution is -2.34. The molecule has 3 aromatic rings. The predicted octanol–water partition coefficient (Wildman–Crippen LogP) is 3.64. The predicted molar refractivity (Wildman–Crippen MR) is 121 cm³/mol. The number of pyridine rings is 3. The van der Waals surface area contributed by atoms with Crippen LogP contribution in [0.2, 0.25) is 0 Å². The van der Waals surface area contributed by atoms with Crippen LogP contribution in [0.3, 0.4) is 0 Å². The van der Waals surface area contributed by atoms with Crippen molar-refractivity contribution in [1.29, 1.82) is 0 Å². The summed E-state index contributed by atoms with van der Waals surface area (Å²) >= 11 is 1.70. The van der Waals surface area contributed by atoms with E-state index in [4.69, 9.17) is 9.47 Å². The summed E-state index contributed by atoms with van der Waals surface area (Å²) in [6.45, 7) is 1.16. The number of halogens is 1. The normalized spacial score (nSPS) is 20.2. The summed E-state index contributed by atoms with van der Waals surface area (Å²) in [5.74, 6) is 1.45. The molecule has 0 bridgehead atoms. The van der Waals surface area contributed by atoms with E-state index in [0.717, 1.165) is 54.8 Å². The zero-order valence-corrected chi connectivity index (χ0v) is 18.7. The maximum atomic E-state index is 14.5. The number of fused-ring (bicyclic) bond motifs is 2. The molecular weight excluding hydrogens is 431 g/mol. The quantitative estimate of drug-likeness (QED) is 0.607. The molecule has 32 heavy (non-hydrogen) atoms. The van der Waals surface area contributed by atoms with Crippen LogP contribution in [0, 0.1) is 11.7 Å². The first kappa shape index (κ1) is 21.2. The van der Waals surface area contributed by atoms with Gasteiger partial charge < -0.3 is 19.4 Å². The highest BCUT2D eigenvalue weighted by molar-refractivity contribution is 7.99. The number of hydrogen-bond donors (Lipinski definition) is 1. The van der Waals surface area contributed by atoms with Gasteiger partial charge in [-0.15, -0.1) is 0 Å². The minimum absolute atomic E-state index is 0.111. The van der Waals surface area contributed by atoms with Crippen LogP contribution in [0.4, 0.5) is 4.39 Å². The smallest absolute Gasteiger partial charge is 0.250 e. The van der Waals surface area contributed by atoms with Crippen molar-refractivity contribution >= 4 is 22.8 Å².